The summed E-state index contributed by atoms with van der Waals surface area (Å²) in [4.78, 5) is 0. The molecule has 1 radical (unpaired) electrons. The van der Waals surface area contributed by atoms with Gasteiger partial charge in [0.25, 0.3) is 0 Å². The van der Waals surface area contributed by atoms with Gasteiger partial charge in [-0.25, -0.2) is 0 Å². The van der Waals surface area contributed by atoms with Crippen molar-refractivity contribution in [3.05, 3.63) is 22.7 Å². The number of hydrogen-bond donors (Lipinski definition) is 0. The minimum atomic E-state index is 0. The fourth-order valence-corrected chi connectivity index (χ4v) is 1.91. The van der Waals surface area contributed by atoms with E-state index in [-0.39, 0.29) is 31.9 Å². The molecule has 2 atom stereocenters. The first kappa shape index (κ1) is 10.9. The van der Waals surface area contributed by atoms with Crippen LogP contribution >= 0.6 is 15.9 Å². The Kier molecular flexibility index (Phi) is 4.39. The maximum atomic E-state index is 3.45. The van der Waals surface area contributed by atoms with Crippen LogP contribution in [0.4, 0.5) is 0 Å². The summed E-state index contributed by atoms with van der Waals surface area (Å²) in [6, 6.07) is 0. The van der Waals surface area contributed by atoms with Crippen molar-refractivity contribution in [3.63, 3.8) is 0 Å². The van der Waals surface area contributed by atoms with Crippen molar-refractivity contribution in [1.82, 2.24) is 0 Å². The SMILES string of the molecule is BrC1=[C]C2C=CC1C2.[Cl-].[Zn]. The molecule has 2 aliphatic rings. The number of rotatable bonds is 0. The van der Waals surface area contributed by atoms with Crippen LogP contribution in [0.2, 0.25) is 0 Å². The fraction of sp³-hybridized carbons (Fsp3) is 0.429. The van der Waals surface area contributed by atoms with Crippen LogP contribution < -0.4 is 12.4 Å². The molecule has 0 aromatic heterocycles. The quantitative estimate of drug-likeness (QED) is 0.403. The number of hydrogen-bond acceptors (Lipinski definition) is 0. The van der Waals surface area contributed by atoms with E-state index in [0.29, 0.717) is 11.8 Å². The summed E-state index contributed by atoms with van der Waals surface area (Å²) in [5.41, 5.74) is 0. The Morgan fingerprint density at radius 3 is 2.40 bits per heavy atom. The first-order chi connectivity index (χ1) is 3.86. The number of fused-ring (bicyclic) bond motifs is 2. The monoisotopic (exact) mass is 268 g/mol. The Hall–Kier alpha value is 0.873. The summed E-state index contributed by atoms with van der Waals surface area (Å²) >= 11 is 3.45. The van der Waals surface area contributed by atoms with E-state index < -0.39 is 0 Å². The predicted octanol–water partition coefficient (Wildman–Crippen LogP) is -0.724. The molecule has 0 heterocycles. The fourth-order valence-electron chi connectivity index (χ4n) is 1.28. The molecule has 2 unspecified atom stereocenters. The first-order valence-electron chi connectivity index (χ1n) is 2.83. The van der Waals surface area contributed by atoms with E-state index in [1.165, 1.54) is 10.9 Å². The molecule has 2 rings (SSSR count). The Balaban J connectivity index is 0.000000405. The van der Waals surface area contributed by atoms with Gasteiger partial charge in [0.05, 0.1) is 0 Å². The minimum absolute atomic E-state index is 0. The van der Waals surface area contributed by atoms with Crippen molar-refractivity contribution in [3.8, 4) is 0 Å². The van der Waals surface area contributed by atoms with Gasteiger partial charge in [-0.2, -0.15) is 0 Å². The second-order valence-electron chi connectivity index (χ2n) is 2.33. The Morgan fingerprint density at radius 2 is 2.20 bits per heavy atom. The summed E-state index contributed by atoms with van der Waals surface area (Å²) < 4.78 is 1.27. The zero-order valence-electron chi connectivity index (χ0n) is 5.48. The van der Waals surface area contributed by atoms with Crippen molar-refractivity contribution in [2.75, 3.05) is 0 Å². The van der Waals surface area contributed by atoms with E-state index in [1.807, 2.05) is 0 Å². The zero-order chi connectivity index (χ0) is 5.56. The van der Waals surface area contributed by atoms with Crippen LogP contribution in [0.15, 0.2) is 16.6 Å². The molecule has 2 bridgehead atoms. The van der Waals surface area contributed by atoms with Gasteiger partial charge in [0.15, 0.2) is 0 Å². The smallest absolute Gasteiger partial charge is 0.00962 e. The number of halogens is 2. The predicted molar refractivity (Wildman–Crippen MR) is 36.4 cm³/mol. The second kappa shape index (κ2) is 4.04. The summed E-state index contributed by atoms with van der Waals surface area (Å²) in [5.74, 6) is 1.31. The molecule has 0 nitrogen and oxygen atoms in total. The third-order valence-electron chi connectivity index (χ3n) is 1.73. The van der Waals surface area contributed by atoms with Crippen LogP contribution in [-0.2, 0) is 19.5 Å². The van der Waals surface area contributed by atoms with Crippen LogP contribution in [0, 0.1) is 17.9 Å². The van der Waals surface area contributed by atoms with E-state index in [2.05, 4.69) is 34.2 Å². The van der Waals surface area contributed by atoms with Crippen LogP contribution in [0.1, 0.15) is 6.42 Å². The first-order valence-corrected chi connectivity index (χ1v) is 3.63. The van der Waals surface area contributed by atoms with E-state index in [4.69, 9.17) is 0 Å². The molecular formula is C7H6BrClZn-. The molecule has 0 N–H and O–H groups in total. The minimum Gasteiger partial charge on any atom is -1.00 e. The van der Waals surface area contributed by atoms with Gasteiger partial charge < -0.3 is 12.4 Å². The van der Waals surface area contributed by atoms with Crippen molar-refractivity contribution in [2.45, 2.75) is 6.42 Å². The second-order valence-corrected chi connectivity index (χ2v) is 3.18. The van der Waals surface area contributed by atoms with Crippen LogP contribution in [0.3, 0.4) is 0 Å². The molecule has 0 aromatic rings. The van der Waals surface area contributed by atoms with E-state index >= 15 is 0 Å². The zero-order valence-corrected chi connectivity index (χ0v) is 10.8. The third kappa shape index (κ3) is 1.72. The van der Waals surface area contributed by atoms with Crippen LogP contribution in [0.25, 0.3) is 0 Å². The van der Waals surface area contributed by atoms with Crippen molar-refractivity contribution >= 4 is 15.9 Å². The van der Waals surface area contributed by atoms with Gasteiger partial charge in [-0.05, 0) is 12.5 Å². The van der Waals surface area contributed by atoms with E-state index in [0.717, 1.165) is 0 Å². The van der Waals surface area contributed by atoms with Gasteiger partial charge in [-0.1, -0.05) is 28.1 Å². The average molecular weight is 271 g/mol. The van der Waals surface area contributed by atoms with Gasteiger partial charge in [-0.15, -0.1) is 0 Å². The molecule has 2 aliphatic carbocycles. The largest absolute Gasteiger partial charge is 1.00 e. The maximum absolute atomic E-state index is 3.45. The summed E-state index contributed by atoms with van der Waals surface area (Å²) in [6.07, 6.45) is 9.05. The van der Waals surface area contributed by atoms with E-state index in [1.54, 1.807) is 0 Å². The van der Waals surface area contributed by atoms with Crippen molar-refractivity contribution in [1.29, 1.82) is 0 Å². The maximum Gasteiger partial charge on any atom is 0.00962 e. The molecule has 0 spiro atoms. The van der Waals surface area contributed by atoms with Gasteiger partial charge >= 0.3 is 0 Å². The molecule has 0 fully saturated rings. The normalized spacial score (nSPS) is 32.7. The average Bonchev–Trinajstić information content (AvgIpc) is 2.23. The molecule has 51 valence electrons. The molecule has 0 aromatic carbocycles. The van der Waals surface area contributed by atoms with Crippen molar-refractivity contribution < 1.29 is 31.9 Å². The summed E-state index contributed by atoms with van der Waals surface area (Å²) in [6.45, 7) is 0. The Labute approximate surface area is 88.4 Å². The molecule has 0 saturated carbocycles. The number of allylic oxidation sites excluding steroid dienone is 4. The van der Waals surface area contributed by atoms with E-state index in [9.17, 15) is 0 Å². The topological polar surface area (TPSA) is 0 Å². The Morgan fingerprint density at radius 1 is 1.50 bits per heavy atom. The Bertz CT molecular complexity index is 176. The molecule has 3 heteroatoms. The van der Waals surface area contributed by atoms with Gasteiger partial charge in [0.2, 0.25) is 0 Å². The molecule has 0 saturated heterocycles. The third-order valence-corrected chi connectivity index (χ3v) is 2.55. The standard InChI is InChI=1S/C7H6Br.ClH.Zn/c8-7-4-5-1-2-6(7)3-5;;/h1-2,5-6H,3H2;1H;/p-1. The molecule has 0 aliphatic heterocycles. The van der Waals surface area contributed by atoms with Gasteiger partial charge in [0, 0.05) is 35.8 Å². The van der Waals surface area contributed by atoms with Gasteiger partial charge in [0.1, 0.15) is 0 Å². The molecule has 0 amide bonds. The molecular weight excluding hydrogens is 265 g/mol. The van der Waals surface area contributed by atoms with Crippen LogP contribution in [0.5, 0.6) is 0 Å². The van der Waals surface area contributed by atoms with Gasteiger partial charge in [-0.3, -0.25) is 0 Å². The summed E-state index contributed by atoms with van der Waals surface area (Å²) in [5, 5.41) is 0. The van der Waals surface area contributed by atoms with Crippen LogP contribution in [-0.4, -0.2) is 0 Å². The molecule has 10 heavy (non-hydrogen) atoms. The summed E-state index contributed by atoms with van der Waals surface area (Å²) in [7, 11) is 0. The van der Waals surface area contributed by atoms with Crippen molar-refractivity contribution in [2.24, 2.45) is 11.8 Å².